The zero-order valence-corrected chi connectivity index (χ0v) is 27.5. The Morgan fingerprint density at radius 2 is 1.81 bits per heavy atom. The average molecular weight is 587 g/mol. The summed E-state index contributed by atoms with van der Waals surface area (Å²) in [6.45, 7) is 15.6. The Bertz CT molecular complexity index is 918. The van der Waals surface area contributed by atoms with Gasteiger partial charge in [-0.3, -0.25) is 4.79 Å². The number of ether oxygens (including phenoxy) is 3. The average Bonchev–Trinajstić information content (AvgIpc) is 3.31. The van der Waals surface area contributed by atoms with Crippen molar-refractivity contribution in [2.24, 2.45) is 52.1 Å². The standard InChI is InChI=1S/C36H62N2O4/c1-26(2)7-6-8-27(3)31-11-12-32-30-10-9-28-25-29(13-16-35(28,4)33(30)14-17-36(31,32)5)42-20-15-34(39)38-19-22-41-24-23-40-21-18-37/h9,15,20,26-27,29-33H,6-8,10-14,16-19,21-25,37H2,1-5H3,(H,38,39)/t27-,29+,30?,31-,32?,33?,35+,36-/m0/s1. The third-order valence-corrected chi connectivity index (χ3v) is 11.9. The highest BCUT2D eigenvalue weighted by Crippen LogP contribution is 2.67. The molecule has 0 aromatic carbocycles. The number of carbonyl (C=O) groups excluding carboxylic acids is 1. The molecule has 0 heterocycles. The molecule has 0 aromatic rings. The van der Waals surface area contributed by atoms with Crippen LogP contribution in [-0.4, -0.2) is 51.5 Å². The van der Waals surface area contributed by atoms with Crippen molar-refractivity contribution in [3.8, 4) is 0 Å². The van der Waals surface area contributed by atoms with E-state index in [0.29, 0.717) is 50.3 Å². The highest BCUT2D eigenvalue weighted by atomic mass is 16.5. The summed E-state index contributed by atoms with van der Waals surface area (Å²) < 4.78 is 16.8. The Morgan fingerprint density at radius 3 is 2.57 bits per heavy atom. The topological polar surface area (TPSA) is 82.8 Å². The summed E-state index contributed by atoms with van der Waals surface area (Å²) in [7, 11) is 0. The zero-order chi connectivity index (χ0) is 30.2. The van der Waals surface area contributed by atoms with Crippen molar-refractivity contribution in [2.45, 2.75) is 111 Å². The number of hydrogen-bond donors (Lipinski definition) is 2. The molecule has 0 bridgehead atoms. The molecule has 0 saturated heterocycles. The summed E-state index contributed by atoms with van der Waals surface area (Å²) in [6, 6.07) is 0. The number of amides is 1. The molecule has 4 aliphatic rings. The molecule has 42 heavy (non-hydrogen) atoms. The van der Waals surface area contributed by atoms with Crippen LogP contribution in [0.3, 0.4) is 0 Å². The maximum absolute atomic E-state index is 12.2. The number of nitrogens with two attached hydrogens (primary N) is 1. The second-order valence-corrected chi connectivity index (χ2v) is 14.9. The van der Waals surface area contributed by atoms with Crippen LogP contribution in [0, 0.1) is 46.3 Å². The fraction of sp³-hybridized carbons (Fsp3) is 0.861. The van der Waals surface area contributed by atoms with Crippen LogP contribution in [0.5, 0.6) is 0 Å². The van der Waals surface area contributed by atoms with Gasteiger partial charge in [0.1, 0.15) is 6.10 Å². The van der Waals surface area contributed by atoms with Gasteiger partial charge in [-0.15, -0.1) is 0 Å². The maximum atomic E-state index is 12.2. The first-order chi connectivity index (χ1) is 20.2. The van der Waals surface area contributed by atoms with Gasteiger partial charge < -0.3 is 25.3 Å². The SMILES string of the molecule is CC(C)CCC[C@H](C)[C@@H]1CCC2C3CC=C4C[C@H](OC=CC(=O)NCCOCCOCCN)CC[C@@]4(C)C3CC[C@]21C. The molecule has 4 rings (SSSR count). The molecule has 8 atom stereocenters. The number of rotatable bonds is 16. The van der Waals surface area contributed by atoms with E-state index in [9.17, 15) is 4.79 Å². The van der Waals surface area contributed by atoms with E-state index in [4.69, 9.17) is 19.9 Å². The van der Waals surface area contributed by atoms with Crippen LogP contribution in [0.2, 0.25) is 0 Å². The Kier molecular flexibility index (Phi) is 12.4. The minimum Gasteiger partial charge on any atom is -0.498 e. The third kappa shape index (κ3) is 8.01. The van der Waals surface area contributed by atoms with Crippen molar-refractivity contribution >= 4 is 5.91 Å². The highest BCUT2D eigenvalue weighted by Gasteiger charge is 2.59. The van der Waals surface area contributed by atoms with Crippen molar-refractivity contribution in [3.05, 3.63) is 24.0 Å². The first-order valence-corrected chi connectivity index (χ1v) is 17.3. The van der Waals surface area contributed by atoms with E-state index in [2.05, 4.69) is 46.0 Å². The second kappa shape index (κ2) is 15.6. The summed E-state index contributed by atoms with van der Waals surface area (Å²) in [5.41, 5.74) is 7.87. The van der Waals surface area contributed by atoms with E-state index in [-0.39, 0.29) is 12.0 Å². The molecule has 6 nitrogen and oxygen atoms in total. The maximum Gasteiger partial charge on any atom is 0.247 e. The van der Waals surface area contributed by atoms with Crippen LogP contribution < -0.4 is 11.1 Å². The minimum atomic E-state index is -0.146. The Hall–Kier alpha value is -1.37. The van der Waals surface area contributed by atoms with Crippen LogP contribution in [0.1, 0.15) is 105 Å². The van der Waals surface area contributed by atoms with E-state index in [1.807, 2.05) is 0 Å². The monoisotopic (exact) mass is 586 g/mol. The lowest BCUT2D eigenvalue weighted by Crippen LogP contribution is -2.50. The predicted molar refractivity (Wildman–Crippen MR) is 171 cm³/mol. The molecule has 0 radical (unpaired) electrons. The number of allylic oxidation sites excluding steroid dienone is 1. The van der Waals surface area contributed by atoms with Gasteiger partial charge in [-0.05, 0) is 91.3 Å². The van der Waals surface area contributed by atoms with Crippen molar-refractivity contribution in [1.82, 2.24) is 5.32 Å². The smallest absolute Gasteiger partial charge is 0.247 e. The van der Waals surface area contributed by atoms with Crippen LogP contribution in [0.25, 0.3) is 0 Å². The summed E-state index contributed by atoms with van der Waals surface area (Å²) in [5.74, 6) is 5.03. The molecule has 3 N–H and O–H groups in total. The van der Waals surface area contributed by atoms with Gasteiger partial charge in [-0.2, -0.15) is 0 Å². The Balaban J connectivity index is 1.23. The Morgan fingerprint density at radius 1 is 1.02 bits per heavy atom. The number of carbonyl (C=O) groups is 1. The number of nitrogens with one attached hydrogen (secondary N) is 1. The fourth-order valence-corrected chi connectivity index (χ4v) is 9.69. The van der Waals surface area contributed by atoms with Gasteiger partial charge in [-0.1, -0.05) is 65.5 Å². The van der Waals surface area contributed by atoms with Crippen LogP contribution >= 0.6 is 0 Å². The summed E-state index contributed by atoms with van der Waals surface area (Å²) >= 11 is 0. The molecule has 1 amide bonds. The van der Waals surface area contributed by atoms with Gasteiger partial charge in [0.05, 0.1) is 32.7 Å². The van der Waals surface area contributed by atoms with Crippen molar-refractivity contribution < 1.29 is 19.0 Å². The van der Waals surface area contributed by atoms with Gasteiger partial charge in [0.2, 0.25) is 5.91 Å². The summed E-state index contributed by atoms with van der Waals surface area (Å²) in [5, 5.41) is 2.85. The molecular formula is C36H62N2O4. The molecule has 240 valence electrons. The van der Waals surface area contributed by atoms with Crippen molar-refractivity contribution in [2.75, 3.05) is 39.5 Å². The van der Waals surface area contributed by atoms with Gasteiger partial charge in [-0.25, -0.2) is 0 Å². The lowest BCUT2D eigenvalue weighted by Gasteiger charge is -2.58. The molecule has 4 aliphatic carbocycles. The van der Waals surface area contributed by atoms with E-state index in [1.165, 1.54) is 63.9 Å². The van der Waals surface area contributed by atoms with E-state index >= 15 is 0 Å². The zero-order valence-electron chi connectivity index (χ0n) is 27.5. The Labute approximate surface area is 257 Å². The third-order valence-electron chi connectivity index (χ3n) is 11.9. The minimum absolute atomic E-state index is 0.146. The molecule has 3 saturated carbocycles. The lowest BCUT2D eigenvalue weighted by molar-refractivity contribution is -0.116. The predicted octanol–water partition coefficient (Wildman–Crippen LogP) is 7.03. The van der Waals surface area contributed by atoms with Gasteiger partial charge in [0.25, 0.3) is 0 Å². The first-order valence-electron chi connectivity index (χ1n) is 17.3. The molecule has 6 heteroatoms. The van der Waals surface area contributed by atoms with E-state index < -0.39 is 0 Å². The second-order valence-electron chi connectivity index (χ2n) is 14.9. The lowest BCUT2D eigenvalue weighted by atomic mass is 9.47. The van der Waals surface area contributed by atoms with Crippen LogP contribution in [0.15, 0.2) is 24.0 Å². The molecule has 0 aromatic heterocycles. The van der Waals surface area contributed by atoms with Crippen molar-refractivity contribution in [1.29, 1.82) is 0 Å². The first kappa shape index (κ1) is 33.5. The fourth-order valence-electron chi connectivity index (χ4n) is 9.69. The highest BCUT2D eigenvalue weighted by molar-refractivity contribution is 5.87. The van der Waals surface area contributed by atoms with Gasteiger partial charge in [0, 0.05) is 25.6 Å². The normalized spacial score (nSPS) is 34.9. The van der Waals surface area contributed by atoms with Gasteiger partial charge >= 0.3 is 0 Å². The quantitative estimate of drug-likeness (QED) is 0.0878. The van der Waals surface area contributed by atoms with Crippen LogP contribution in [-0.2, 0) is 19.0 Å². The summed E-state index contributed by atoms with van der Waals surface area (Å²) in [4.78, 5) is 12.2. The summed E-state index contributed by atoms with van der Waals surface area (Å²) in [6.07, 6.45) is 20.3. The molecular weight excluding hydrogens is 524 g/mol. The largest absolute Gasteiger partial charge is 0.498 e. The van der Waals surface area contributed by atoms with Crippen LogP contribution in [0.4, 0.5) is 0 Å². The number of fused-ring (bicyclic) bond motifs is 5. The molecule has 0 aliphatic heterocycles. The van der Waals surface area contributed by atoms with E-state index in [1.54, 1.807) is 11.8 Å². The van der Waals surface area contributed by atoms with E-state index in [0.717, 1.165) is 48.3 Å². The number of hydrogen-bond acceptors (Lipinski definition) is 5. The van der Waals surface area contributed by atoms with Crippen molar-refractivity contribution in [3.63, 3.8) is 0 Å². The molecule has 3 unspecified atom stereocenters. The van der Waals surface area contributed by atoms with Gasteiger partial charge in [0.15, 0.2) is 0 Å². The molecule has 3 fully saturated rings. The molecule has 0 spiro atoms.